The molecule has 32 heavy (non-hydrogen) atoms. The molecular formula is C24H25N5O2S. The number of hydrogen-bond donors (Lipinski definition) is 0. The summed E-state index contributed by atoms with van der Waals surface area (Å²) < 4.78 is 0. The van der Waals surface area contributed by atoms with Crippen molar-refractivity contribution in [1.29, 1.82) is 0 Å². The molecule has 0 radical (unpaired) electrons. The fraction of sp³-hybridized carbons (Fsp3) is 0.375. The van der Waals surface area contributed by atoms with E-state index in [1.54, 1.807) is 10.4 Å². The van der Waals surface area contributed by atoms with Gasteiger partial charge in [-0.05, 0) is 32.3 Å². The van der Waals surface area contributed by atoms with Gasteiger partial charge in [0, 0.05) is 36.7 Å². The predicted molar refractivity (Wildman–Crippen MR) is 123 cm³/mol. The zero-order valence-electron chi connectivity index (χ0n) is 18.2. The fourth-order valence-electron chi connectivity index (χ4n) is 4.52. The molecule has 5 rings (SSSR count). The molecule has 0 bridgehead atoms. The quantitative estimate of drug-likeness (QED) is 0.610. The third-order valence-electron chi connectivity index (χ3n) is 6.32. The van der Waals surface area contributed by atoms with E-state index in [1.165, 1.54) is 11.3 Å². The minimum atomic E-state index is 0.0306. The summed E-state index contributed by atoms with van der Waals surface area (Å²) in [7, 11) is 0. The maximum Gasteiger partial charge on any atom is 0.265 e. The van der Waals surface area contributed by atoms with E-state index >= 15 is 0 Å². The van der Waals surface area contributed by atoms with Gasteiger partial charge in [0.2, 0.25) is 5.91 Å². The number of thiazole rings is 1. The Morgan fingerprint density at radius 1 is 1.12 bits per heavy atom. The molecule has 0 spiro atoms. The first kappa shape index (κ1) is 20.8. The molecule has 4 heterocycles. The van der Waals surface area contributed by atoms with Crippen LogP contribution in [0.25, 0.3) is 0 Å². The van der Waals surface area contributed by atoms with Gasteiger partial charge in [-0.15, -0.1) is 11.3 Å². The molecule has 1 atom stereocenters. The van der Waals surface area contributed by atoms with Crippen LogP contribution >= 0.6 is 11.3 Å². The highest BCUT2D eigenvalue weighted by Crippen LogP contribution is 2.33. The Balaban J connectivity index is 1.42. The Bertz CT molecular complexity index is 1180. The number of hydrogen-bond acceptors (Lipinski definition) is 6. The summed E-state index contributed by atoms with van der Waals surface area (Å²) >= 11 is 1.39. The van der Waals surface area contributed by atoms with Crippen LogP contribution < -0.4 is 4.90 Å². The molecule has 0 N–H and O–H groups in total. The maximum absolute atomic E-state index is 12.9. The normalized spacial score (nSPS) is 18.2. The molecule has 2 aromatic heterocycles. The zero-order valence-corrected chi connectivity index (χ0v) is 19.1. The number of aryl methyl sites for hydroxylation is 2. The number of amides is 2. The van der Waals surface area contributed by atoms with Crippen LogP contribution in [-0.2, 0) is 17.8 Å². The van der Waals surface area contributed by atoms with Gasteiger partial charge in [-0.25, -0.2) is 15.0 Å². The molecule has 7 nitrogen and oxygen atoms in total. The SMILES string of the molecule is Cc1ncsc1C(=O)N1CC[C@@H](c2nc(C)c3c(n2)N(Cc2ccccc2)C(=O)CC3)C1. The second-order valence-electron chi connectivity index (χ2n) is 8.44. The van der Waals surface area contributed by atoms with Crippen LogP contribution in [-0.4, -0.2) is 44.8 Å². The van der Waals surface area contributed by atoms with Crippen molar-refractivity contribution in [2.45, 2.75) is 45.6 Å². The predicted octanol–water partition coefficient (Wildman–Crippen LogP) is 3.66. The second-order valence-corrected chi connectivity index (χ2v) is 9.29. The molecular weight excluding hydrogens is 422 g/mol. The lowest BCUT2D eigenvalue weighted by molar-refractivity contribution is -0.119. The van der Waals surface area contributed by atoms with Gasteiger partial charge in [-0.1, -0.05) is 30.3 Å². The van der Waals surface area contributed by atoms with E-state index in [9.17, 15) is 9.59 Å². The van der Waals surface area contributed by atoms with Crippen molar-refractivity contribution in [1.82, 2.24) is 19.9 Å². The number of aromatic nitrogens is 3. The third-order valence-corrected chi connectivity index (χ3v) is 7.24. The van der Waals surface area contributed by atoms with Gasteiger partial charge in [0.05, 0.1) is 17.7 Å². The third kappa shape index (κ3) is 3.79. The number of likely N-dealkylation sites (tertiary alicyclic amines) is 1. The van der Waals surface area contributed by atoms with E-state index in [0.717, 1.165) is 40.6 Å². The molecule has 8 heteroatoms. The Kier molecular flexibility index (Phi) is 5.46. The summed E-state index contributed by atoms with van der Waals surface area (Å²) in [5.41, 5.74) is 5.54. The first-order valence-electron chi connectivity index (χ1n) is 10.9. The molecule has 164 valence electrons. The minimum absolute atomic E-state index is 0.0306. The van der Waals surface area contributed by atoms with Crippen molar-refractivity contribution in [3.63, 3.8) is 0 Å². The molecule has 0 saturated carbocycles. The molecule has 1 saturated heterocycles. The number of fused-ring (bicyclic) bond motifs is 1. The average molecular weight is 448 g/mol. The smallest absolute Gasteiger partial charge is 0.265 e. The van der Waals surface area contributed by atoms with Crippen LogP contribution in [0.3, 0.4) is 0 Å². The lowest BCUT2D eigenvalue weighted by atomic mass is 10.0. The summed E-state index contributed by atoms with van der Waals surface area (Å²) in [6, 6.07) is 9.99. The van der Waals surface area contributed by atoms with Crippen molar-refractivity contribution >= 4 is 29.0 Å². The van der Waals surface area contributed by atoms with E-state index in [-0.39, 0.29) is 17.7 Å². The van der Waals surface area contributed by atoms with E-state index < -0.39 is 0 Å². The lowest BCUT2D eigenvalue weighted by Crippen LogP contribution is -2.36. The maximum atomic E-state index is 12.9. The Morgan fingerprint density at radius 3 is 2.69 bits per heavy atom. The Labute approximate surface area is 191 Å². The van der Waals surface area contributed by atoms with Gasteiger partial charge < -0.3 is 4.90 Å². The van der Waals surface area contributed by atoms with Crippen molar-refractivity contribution < 1.29 is 9.59 Å². The van der Waals surface area contributed by atoms with Crippen LogP contribution in [0.2, 0.25) is 0 Å². The zero-order chi connectivity index (χ0) is 22.2. The number of carbonyl (C=O) groups excluding carboxylic acids is 2. The average Bonchev–Trinajstić information content (AvgIpc) is 3.45. The summed E-state index contributed by atoms with van der Waals surface area (Å²) in [5, 5.41) is 0. The van der Waals surface area contributed by atoms with Crippen LogP contribution in [0.15, 0.2) is 35.8 Å². The van der Waals surface area contributed by atoms with Gasteiger partial charge in [-0.2, -0.15) is 0 Å². The molecule has 2 aliphatic rings. The molecule has 2 amide bonds. The fourth-order valence-corrected chi connectivity index (χ4v) is 5.29. The van der Waals surface area contributed by atoms with Crippen LogP contribution in [0.5, 0.6) is 0 Å². The highest BCUT2D eigenvalue weighted by molar-refractivity contribution is 7.11. The first-order valence-corrected chi connectivity index (χ1v) is 11.8. The van der Waals surface area contributed by atoms with Gasteiger partial charge in [-0.3, -0.25) is 14.5 Å². The van der Waals surface area contributed by atoms with E-state index in [1.807, 2.05) is 49.1 Å². The largest absolute Gasteiger partial charge is 0.337 e. The number of rotatable bonds is 4. The number of carbonyl (C=O) groups is 2. The molecule has 2 aliphatic heterocycles. The van der Waals surface area contributed by atoms with E-state index in [0.29, 0.717) is 37.4 Å². The topological polar surface area (TPSA) is 79.3 Å². The van der Waals surface area contributed by atoms with Crippen molar-refractivity contribution in [2.75, 3.05) is 18.0 Å². The molecule has 0 unspecified atom stereocenters. The second kappa shape index (κ2) is 8.43. The van der Waals surface area contributed by atoms with Gasteiger partial charge in [0.15, 0.2) is 0 Å². The van der Waals surface area contributed by atoms with Gasteiger partial charge in [0.1, 0.15) is 16.5 Å². The van der Waals surface area contributed by atoms with Crippen molar-refractivity contribution in [3.8, 4) is 0 Å². The molecule has 1 fully saturated rings. The van der Waals surface area contributed by atoms with Crippen LogP contribution in [0, 0.1) is 13.8 Å². The summed E-state index contributed by atoms with van der Waals surface area (Å²) in [4.78, 5) is 44.0. The molecule has 1 aromatic carbocycles. The monoisotopic (exact) mass is 447 g/mol. The highest BCUT2D eigenvalue weighted by atomic mass is 32.1. The summed E-state index contributed by atoms with van der Waals surface area (Å²) in [5.74, 6) is 1.64. The van der Waals surface area contributed by atoms with E-state index in [2.05, 4.69) is 4.98 Å². The minimum Gasteiger partial charge on any atom is -0.337 e. The molecule has 3 aromatic rings. The van der Waals surface area contributed by atoms with Crippen molar-refractivity contribution in [3.05, 3.63) is 69.1 Å². The number of benzene rings is 1. The number of nitrogens with zero attached hydrogens (tertiary/aromatic N) is 5. The summed E-state index contributed by atoms with van der Waals surface area (Å²) in [6.45, 7) is 5.63. The molecule has 0 aliphatic carbocycles. The Hall–Kier alpha value is -3.13. The van der Waals surface area contributed by atoms with E-state index in [4.69, 9.17) is 9.97 Å². The highest BCUT2D eigenvalue weighted by Gasteiger charge is 2.34. The Morgan fingerprint density at radius 2 is 1.94 bits per heavy atom. The van der Waals surface area contributed by atoms with Crippen LogP contribution in [0.4, 0.5) is 5.82 Å². The van der Waals surface area contributed by atoms with Gasteiger partial charge in [0.25, 0.3) is 5.91 Å². The van der Waals surface area contributed by atoms with Crippen molar-refractivity contribution in [2.24, 2.45) is 0 Å². The standard InChI is InChI=1S/C24H25N5O2S/c1-15-19-8-9-20(30)29(12-17-6-4-3-5-7-17)23(19)27-22(26-15)18-10-11-28(13-18)24(31)21-16(2)25-14-32-21/h3-7,14,18H,8-13H2,1-2H3/t18-/m1/s1. The summed E-state index contributed by atoms with van der Waals surface area (Å²) in [6.07, 6.45) is 1.96. The lowest BCUT2D eigenvalue weighted by Gasteiger charge is -2.30. The number of anilines is 1. The first-order chi connectivity index (χ1) is 15.5. The van der Waals surface area contributed by atoms with Gasteiger partial charge >= 0.3 is 0 Å². The van der Waals surface area contributed by atoms with Crippen LogP contribution in [0.1, 0.15) is 56.8 Å².